The van der Waals surface area contributed by atoms with E-state index < -0.39 is 0 Å². The molecule has 0 unspecified atom stereocenters. The Morgan fingerprint density at radius 2 is 1.82 bits per heavy atom. The van der Waals surface area contributed by atoms with Crippen LogP contribution in [0.25, 0.3) is 0 Å². The Kier molecular flexibility index (Phi) is 4.67. The van der Waals surface area contributed by atoms with Crippen molar-refractivity contribution in [3.05, 3.63) is 23.5 Å². The minimum atomic E-state index is 0.767. The Morgan fingerprint density at radius 1 is 1.27 bits per heavy atom. The minimum Gasteiger partial charge on any atom is -0.494 e. The van der Waals surface area contributed by atoms with E-state index in [-0.39, 0.29) is 0 Å². The first-order valence-corrected chi connectivity index (χ1v) is 4.05. The van der Waals surface area contributed by atoms with E-state index in [4.69, 9.17) is 4.74 Å². The summed E-state index contributed by atoms with van der Waals surface area (Å²) >= 11 is 0. The summed E-state index contributed by atoms with van der Waals surface area (Å²) in [6.07, 6.45) is 1.04. The molecule has 0 N–H and O–H groups in total. The molecule has 0 aliphatic rings. The Morgan fingerprint density at radius 3 is 2.18 bits per heavy atom. The first kappa shape index (κ1) is 10.3. The van der Waals surface area contributed by atoms with Crippen LogP contribution in [-0.4, -0.2) is 6.61 Å². The van der Waals surface area contributed by atoms with Crippen LogP contribution in [0.1, 0.15) is 34.1 Å². The molecule has 0 radical (unpaired) electrons. The molecule has 0 saturated carbocycles. The maximum absolute atomic E-state index is 5.36. The van der Waals surface area contributed by atoms with Gasteiger partial charge in [-0.25, -0.2) is 0 Å². The summed E-state index contributed by atoms with van der Waals surface area (Å²) in [6, 6.07) is 0. The lowest BCUT2D eigenvalue weighted by Crippen LogP contribution is -1.94. The van der Waals surface area contributed by atoms with Gasteiger partial charge in [0.15, 0.2) is 0 Å². The second-order valence-electron chi connectivity index (χ2n) is 2.90. The molecule has 0 heterocycles. The minimum absolute atomic E-state index is 0.767. The molecular weight excluding hydrogens is 136 g/mol. The molecule has 0 rings (SSSR count). The molecule has 0 atom stereocenters. The third-order valence-corrected chi connectivity index (χ3v) is 1.65. The van der Waals surface area contributed by atoms with Crippen molar-refractivity contribution < 1.29 is 4.74 Å². The smallest absolute Gasteiger partial charge is 0.114 e. The van der Waals surface area contributed by atoms with Crippen LogP contribution >= 0.6 is 0 Å². The van der Waals surface area contributed by atoms with Gasteiger partial charge in [0.25, 0.3) is 0 Å². The summed E-state index contributed by atoms with van der Waals surface area (Å²) in [5, 5.41) is 0. The summed E-state index contributed by atoms with van der Waals surface area (Å²) in [4.78, 5) is 0. The quantitative estimate of drug-likeness (QED) is 0.446. The predicted octanol–water partition coefficient (Wildman–Crippen LogP) is 3.28. The highest BCUT2D eigenvalue weighted by atomic mass is 16.5. The van der Waals surface area contributed by atoms with Gasteiger partial charge < -0.3 is 4.74 Å². The van der Waals surface area contributed by atoms with Gasteiger partial charge in [-0.3, -0.25) is 0 Å². The van der Waals surface area contributed by atoms with Gasteiger partial charge >= 0.3 is 0 Å². The van der Waals surface area contributed by atoms with E-state index in [1.807, 2.05) is 6.92 Å². The van der Waals surface area contributed by atoms with E-state index in [0.717, 1.165) is 18.8 Å². The van der Waals surface area contributed by atoms with Crippen molar-refractivity contribution in [2.75, 3.05) is 6.61 Å². The number of hydrogen-bond acceptors (Lipinski definition) is 1. The van der Waals surface area contributed by atoms with Crippen LogP contribution < -0.4 is 0 Å². The summed E-state index contributed by atoms with van der Waals surface area (Å²) in [6.45, 7) is 12.9. The van der Waals surface area contributed by atoms with Crippen LogP contribution in [0.3, 0.4) is 0 Å². The van der Waals surface area contributed by atoms with Gasteiger partial charge in [0.1, 0.15) is 5.76 Å². The highest BCUT2D eigenvalue weighted by Gasteiger charge is 1.97. The van der Waals surface area contributed by atoms with Gasteiger partial charge in [0.05, 0.1) is 6.61 Å². The average Bonchev–Trinajstić information content (AvgIpc) is 1.98. The molecule has 0 bridgehead atoms. The van der Waals surface area contributed by atoms with Crippen LogP contribution in [0.5, 0.6) is 0 Å². The fourth-order valence-corrected chi connectivity index (χ4v) is 0.612. The van der Waals surface area contributed by atoms with Crippen LogP contribution in [0, 0.1) is 0 Å². The normalized spacial score (nSPS) is 9.09. The van der Waals surface area contributed by atoms with E-state index in [2.05, 4.69) is 27.4 Å². The van der Waals surface area contributed by atoms with Gasteiger partial charge in [0, 0.05) is 0 Å². The van der Waals surface area contributed by atoms with Crippen molar-refractivity contribution in [2.24, 2.45) is 0 Å². The third kappa shape index (κ3) is 3.87. The first-order valence-electron chi connectivity index (χ1n) is 4.05. The second kappa shape index (κ2) is 5.00. The molecule has 64 valence electrons. The van der Waals surface area contributed by atoms with Crippen LogP contribution in [-0.2, 0) is 4.74 Å². The molecule has 0 aromatic rings. The molecule has 1 heteroatoms. The zero-order chi connectivity index (χ0) is 8.85. The van der Waals surface area contributed by atoms with E-state index >= 15 is 0 Å². The third-order valence-electron chi connectivity index (χ3n) is 1.65. The number of ether oxygens (including phenoxy) is 1. The highest BCUT2D eigenvalue weighted by Crippen LogP contribution is 2.12. The lowest BCUT2D eigenvalue weighted by atomic mass is 10.1. The fourth-order valence-electron chi connectivity index (χ4n) is 0.612. The molecule has 0 aliphatic heterocycles. The number of hydrogen-bond donors (Lipinski definition) is 0. The summed E-state index contributed by atoms with van der Waals surface area (Å²) in [5.41, 5.74) is 2.43. The van der Waals surface area contributed by atoms with Crippen molar-refractivity contribution in [3.63, 3.8) is 0 Å². The largest absolute Gasteiger partial charge is 0.494 e. The fraction of sp³-hybridized carbons (Fsp3) is 0.600. The average molecular weight is 154 g/mol. The molecule has 0 amide bonds. The van der Waals surface area contributed by atoms with Crippen LogP contribution in [0.4, 0.5) is 0 Å². The predicted molar refractivity (Wildman–Crippen MR) is 49.4 cm³/mol. The molecule has 11 heavy (non-hydrogen) atoms. The van der Waals surface area contributed by atoms with Crippen molar-refractivity contribution >= 4 is 0 Å². The van der Waals surface area contributed by atoms with E-state index in [1.165, 1.54) is 11.1 Å². The Balaban J connectivity index is 3.95. The lowest BCUT2D eigenvalue weighted by Gasteiger charge is -2.09. The molecular formula is C10H18O. The summed E-state index contributed by atoms with van der Waals surface area (Å²) in [5.74, 6) is 0.812. The lowest BCUT2D eigenvalue weighted by molar-refractivity contribution is 0.221. The Labute approximate surface area is 69.8 Å². The van der Waals surface area contributed by atoms with E-state index in [1.54, 1.807) is 0 Å². The maximum atomic E-state index is 5.36. The van der Waals surface area contributed by atoms with Crippen LogP contribution in [0.15, 0.2) is 23.5 Å². The monoisotopic (exact) mass is 154 g/mol. The summed E-state index contributed by atoms with van der Waals surface area (Å²) < 4.78 is 5.36. The van der Waals surface area contributed by atoms with Gasteiger partial charge in [-0.15, -0.1) is 0 Å². The van der Waals surface area contributed by atoms with E-state index in [9.17, 15) is 0 Å². The molecule has 0 aromatic heterocycles. The van der Waals surface area contributed by atoms with Gasteiger partial charge in [-0.05, 0) is 32.8 Å². The standard InChI is InChI=1S/C10H18O/c1-6-7-11-10(5)9(4)8(2)3/h5-7H2,1-4H3. The SMILES string of the molecule is C=C(OCCC)C(C)=C(C)C. The van der Waals surface area contributed by atoms with Gasteiger partial charge in [-0.1, -0.05) is 19.1 Å². The Hall–Kier alpha value is -0.720. The zero-order valence-electron chi connectivity index (χ0n) is 8.03. The van der Waals surface area contributed by atoms with Crippen molar-refractivity contribution in [3.8, 4) is 0 Å². The van der Waals surface area contributed by atoms with Crippen LogP contribution in [0.2, 0.25) is 0 Å². The van der Waals surface area contributed by atoms with E-state index in [0.29, 0.717) is 0 Å². The van der Waals surface area contributed by atoms with Crippen molar-refractivity contribution in [2.45, 2.75) is 34.1 Å². The topological polar surface area (TPSA) is 9.23 Å². The summed E-state index contributed by atoms with van der Waals surface area (Å²) in [7, 11) is 0. The Bertz CT molecular complexity index is 162. The second-order valence-corrected chi connectivity index (χ2v) is 2.90. The molecule has 0 fully saturated rings. The molecule has 0 aromatic carbocycles. The number of allylic oxidation sites excluding steroid dienone is 2. The maximum Gasteiger partial charge on any atom is 0.114 e. The first-order chi connectivity index (χ1) is 5.09. The van der Waals surface area contributed by atoms with Crippen molar-refractivity contribution in [1.29, 1.82) is 0 Å². The van der Waals surface area contributed by atoms with Gasteiger partial charge in [0.2, 0.25) is 0 Å². The zero-order valence-corrected chi connectivity index (χ0v) is 8.03. The molecule has 1 nitrogen and oxygen atoms in total. The number of rotatable bonds is 4. The molecule has 0 spiro atoms. The molecule has 0 saturated heterocycles. The van der Waals surface area contributed by atoms with Crippen molar-refractivity contribution in [1.82, 2.24) is 0 Å². The highest BCUT2D eigenvalue weighted by molar-refractivity contribution is 5.24. The van der Waals surface area contributed by atoms with Gasteiger partial charge in [-0.2, -0.15) is 0 Å². The molecule has 0 aliphatic carbocycles.